The number of rotatable bonds is 10. The molecule has 2 aromatic carbocycles. The summed E-state index contributed by atoms with van der Waals surface area (Å²) < 4.78 is 41.0. The summed E-state index contributed by atoms with van der Waals surface area (Å²) in [5.74, 6) is -0.779. The van der Waals surface area contributed by atoms with Crippen LogP contribution < -0.4 is 0 Å². The Morgan fingerprint density at radius 3 is 2.33 bits per heavy atom. The molecule has 0 saturated heterocycles. The number of ether oxygens (including phenoxy) is 2. The zero-order valence-electron chi connectivity index (χ0n) is 24.4. The Bertz CT molecular complexity index is 1840. The summed E-state index contributed by atoms with van der Waals surface area (Å²) in [6.07, 6.45) is 3.20. The van der Waals surface area contributed by atoms with Crippen molar-refractivity contribution in [2.45, 2.75) is 44.2 Å². The number of carbonyl (C=O) groups excluding carboxylic acids is 1. The van der Waals surface area contributed by atoms with Crippen LogP contribution in [0.3, 0.4) is 0 Å². The van der Waals surface area contributed by atoms with E-state index in [2.05, 4.69) is 19.6 Å². The van der Waals surface area contributed by atoms with E-state index in [1.807, 2.05) is 43.3 Å². The van der Waals surface area contributed by atoms with Crippen molar-refractivity contribution in [2.75, 3.05) is 13.7 Å². The van der Waals surface area contributed by atoms with E-state index >= 15 is 0 Å². The maximum atomic E-state index is 13.7. The maximum absolute atomic E-state index is 13.7. The highest BCUT2D eigenvalue weighted by Gasteiger charge is 2.27. The van der Waals surface area contributed by atoms with E-state index in [0.717, 1.165) is 26.7 Å². The molecule has 0 bridgehead atoms. The minimum Gasteiger partial charge on any atom is -0.464 e. The zero-order valence-corrected chi connectivity index (χ0v) is 26.2. The topological polar surface area (TPSA) is 105 Å². The van der Waals surface area contributed by atoms with Crippen LogP contribution in [0, 0.1) is 6.92 Å². The third kappa shape index (κ3) is 6.08. The number of nitrogens with zero attached hydrogens (tertiary/aromatic N) is 4. The van der Waals surface area contributed by atoms with Gasteiger partial charge in [-0.15, -0.1) is 0 Å². The van der Waals surface area contributed by atoms with E-state index in [0.29, 0.717) is 28.9 Å². The Hall–Kier alpha value is -4.06. The molecule has 0 aliphatic carbocycles. The van der Waals surface area contributed by atoms with Gasteiger partial charge in [0.1, 0.15) is 18.1 Å². The monoisotopic (exact) mass is 602 g/mol. The molecule has 3 aromatic heterocycles. The fourth-order valence-corrected chi connectivity index (χ4v) is 6.63. The molecule has 0 saturated carbocycles. The fraction of sp³-hybridized carbons (Fsp3) is 0.258. The van der Waals surface area contributed by atoms with Gasteiger partial charge in [-0.25, -0.2) is 26.9 Å². The van der Waals surface area contributed by atoms with Crippen LogP contribution in [0.15, 0.2) is 84.0 Å². The number of hydrogen-bond acceptors (Lipinski definition) is 7. The Morgan fingerprint density at radius 1 is 0.952 bits per heavy atom. The molecule has 5 aromatic rings. The summed E-state index contributed by atoms with van der Waals surface area (Å²) >= 11 is 0. The lowest BCUT2D eigenvalue weighted by Crippen LogP contribution is -2.22. The first kappa shape index (κ1) is 29.4. The first-order valence-corrected chi connectivity index (χ1v) is 18.8. The summed E-state index contributed by atoms with van der Waals surface area (Å²) in [5.41, 5.74) is 4.15. The van der Waals surface area contributed by atoms with Crippen LogP contribution in [0.1, 0.15) is 16.1 Å². The second-order valence-corrected chi connectivity index (χ2v) is 18.8. The van der Waals surface area contributed by atoms with Gasteiger partial charge in [-0.2, -0.15) is 5.10 Å². The first-order chi connectivity index (χ1) is 20.0. The SMILES string of the molecule is COC(=O)c1cc(-c2nn(COCC[Si](C)(C)C)c3ncc(-c4ccccc4)cc23)cn1S(=O)(=O)c1ccc(C)cc1. The van der Waals surface area contributed by atoms with Crippen molar-refractivity contribution in [3.63, 3.8) is 0 Å². The lowest BCUT2D eigenvalue weighted by atomic mass is 10.1. The molecular formula is C31H34N4O5SSi. The normalized spacial score (nSPS) is 12.1. The van der Waals surface area contributed by atoms with Crippen molar-refractivity contribution in [1.29, 1.82) is 0 Å². The predicted octanol–water partition coefficient (Wildman–Crippen LogP) is 6.21. The van der Waals surface area contributed by atoms with Crippen LogP contribution in [0.4, 0.5) is 0 Å². The van der Waals surface area contributed by atoms with Gasteiger partial charge >= 0.3 is 5.97 Å². The number of methoxy groups -OCH3 is 1. The highest BCUT2D eigenvalue weighted by atomic mass is 32.2. The van der Waals surface area contributed by atoms with Gasteiger partial charge in [-0.1, -0.05) is 67.7 Å². The van der Waals surface area contributed by atoms with E-state index in [4.69, 9.17) is 19.6 Å². The van der Waals surface area contributed by atoms with Crippen LogP contribution in [-0.2, 0) is 26.2 Å². The molecule has 0 radical (unpaired) electrons. The average molecular weight is 603 g/mol. The molecule has 11 heteroatoms. The molecule has 3 heterocycles. The highest BCUT2D eigenvalue weighted by molar-refractivity contribution is 7.90. The highest BCUT2D eigenvalue weighted by Crippen LogP contribution is 2.33. The van der Waals surface area contributed by atoms with Crippen LogP contribution in [0.25, 0.3) is 33.4 Å². The Labute approximate surface area is 246 Å². The fourth-order valence-electron chi connectivity index (χ4n) is 4.53. The molecule has 0 unspecified atom stereocenters. The van der Waals surface area contributed by atoms with Crippen molar-refractivity contribution >= 4 is 35.1 Å². The van der Waals surface area contributed by atoms with E-state index in [9.17, 15) is 13.2 Å². The lowest BCUT2D eigenvalue weighted by molar-refractivity contribution is 0.0592. The van der Waals surface area contributed by atoms with Crippen molar-refractivity contribution in [3.8, 4) is 22.4 Å². The number of carbonyl (C=O) groups is 1. The quantitative estimate of drug-likeness (QED) is 0.106. The summed E-state index contributed by atoms with van der Waals surface area (Å²) in [7, 11) is -4.18. The molecule has 0 aliphatic rings. The Balaban J connectivity index is 1.64. The molecule has 218 valence electrons. The third-order valence-electron chi connectivity index (χ3n) is 6.94. The summed E-state index contributed by atoms with van der Waals surface area (Å²) in [4.78, 5) is 17.6. The largest absolute Gasteiger partial charge is 0.464 e. The third-order valence-corrected chi connectivity index (χ3v) is 10.3. The number of aromatic nitrogens is 4. The maximum Gasteiger partial charge on any atom is 0.355 e. The molecule has 0 amide bonds. The van der Waals surface area contributed by atoms with Gasteiger partial charge < -0.3 is 9.47 Å². The van der Waals surface area contributed by atoms with Crippen molar-refractivity contribution in [2.24, 2.45) is 0 Å². The number of pyridine rings is 1. The van der Waals surface area contributed by atoms with Gasteiger partial charge in [-0.3, -0.25) is 0 Å². The Kier molecular flexibility index (Phi) is 8.18. The van der Waals surface area contributed by atoms with Crippen LogP contribution >= 0.6 is 0 Å². The first-order valence-electron chi connectivity index (χ1n) is 13.6. The molecule has 0 atom stereocenters. The summed E-state index contributed by atoms with van der Waals surface area (Å²) in [6.45, 7) is 9.53. The van der Waals surface area contributed by atoms with Gasteiger partial charge in [0.25, 0.3) is 10.0 Å². The van der Waals surface area contributed by atoms with E-state index in [1.54, 1.807) is 23.0 Å². The van der Waals surface area contributed by atoms with Crippen LogP contribution in [-0.4, -0.2) is 54.9 Å². The van der Waals surface area contributed by atoms with Gasteiger partial charge in [0.2, 0.25) is 0 Å². The molecule has 0 fully saturated rings. The minimum atomic E-state index is -4.11. The summed E-state index contributed by atoms with van der Waals surface area (Å²) in [5, 5.41) is 5.52. The van der Waals surface area contributed by atoms with Gasteiger partial charge in [0, 0.05) is 43.6 Å². The van der Waals surface area contributed by atoms with E-state index in [-0.39, 0.29) is 17.3 Å². The predicted molar refractivity (Wildman–Crippen MR) is 166 cm³/mol. The molecule has 42 heavy (non-hydrogen) atoms. The van der Waals surface area contributed by atoms with Crippen molar-refractivity contribution in [3.05, 3.63) is 90.4 Å². The lowest BCUT2D eigenvalue weighted by Gasteiger charge is -2.15. The Morgan fingerprint density at radius 2 is 1.67 bits per heavy atom. The molecule has 9 nitrogen and oxygen atoms in total. The average Bonchev–Trinajstić information content (AvgIpc) is 3.57. The molecule has 5 rings (SSSR count). The number of fused-ring (bicyclic) bond motifs is 1. The molecule has 0 N–H and O–H groups in total. The van der Waals surface area contributed by atoms with Crippen LogP contribution in [0.2, 0.25) is 25.7 Å². The molecule has 0 spiro atoms. The van der Waals surface area contributed by atoms with Gasteiger partial charge in [0.15, 0.2) is 5.65 Å². The smallest absolute Gasteiger partial charge is 0.355 e. The standard InChI is InChI=1S/C31H34N4O5SSi/c1-22-11-13-26(14-12-22)41(37,38)35-20-25(18-28(35)31(36)39-2)29-27-17-24(23-9-7-6-8-10-23)19-32-30(27)34(33-29)21-40-15-16-42(3,4)5/h6-14,17-20H,15-16,21H2,1-5H3. The number of esters is 1. The van der Waals surface area contributed by atoms with Crippen molar-refractivity contribution < 1.29 is 22.7 Å². The number of aryl methyl sites for hydroxylation is 1. The van der Waals surface area contributed by atoms with Crippen molar-refractivity contribution in [1.82, 2.24) is 18.7 Å². The second-order valence-electron chi connectivity index (χ2n) is 11.4. The minimum absolute atomic E-state index is 0.0552. The zero-order chi connectivity index (χ0) is 30.1. The van der Waals surface area contributed by atoms with Crippen LogP contribution in [0.5, 0.6) is 0 Å². The molecule has 0 aliphatic heterocycles. The second kappa shape index (κ2) is 11.7. The number of hydrogen-bond donors (Lipinski definition) is 0. The van der Waals surface area contributed by atoms with Gasteiger partial charge in [0.05, 0.1) is 12.0 Å². The van der Waals surface area contributed by atoms with E-state index < -0.39 is 24.1 Å². The molecular weight excluding hydrogens is 569 g/mol. The van der Waals surface area contributed by atoms with Gasteiger partial charge in [-0.05, 0) is 42.8 Å². The summed E-state index contributed by atoms with van der Waals surface area (Å²) in [6, 6.07) is 20.8. The number of benzene rings is 2. The van der Waals surface area contributed by atoms with E-state index in [1.165, 1.54) is 31.5 Å².